The zero-order chi connectivity index (χ0) is 14.7. The number of aryl methyl sites for hydroxylation is 2. The van der Waals surface area contributed by atoms with Crippen LogP contribution in [0.3, 0.4) is 0 Å². The summed E-state index contributed by atoms with van der Waals surface area (Å²) in [6, 6.07) is 7.62. The maximum absolute atomic E-state index is 11.5. The molecule has 20 heavy (non-hydrogen) atoms. The first-order valence-corrected chi connectivity index (χ1v) is 6.76. The zero-order valence-corrected chi connectivity index (χ0v) is 12.4. The lowest BCUT2D eigenvalue weighted by atomic mass is 10.1. The maximum atomic E-state index is 11.5. The lowest BCUT2D eigenvalue weighted by molar-refractivity contribution is 0.0983. The predicted molar refractivity (Wildman–Crippen MR) is 79.6 cm³/mol. The first-order chi connectivity index (χ1) is 9.52. The van der Waals surface area contributed by atoms with E-state index in [4.69, 9.17) is 4.74 Å². The molecule has 2 rings (SSSR count). The molecule has 0 bridgehead atoms. The normalized spacial score (nSPS) is 10.4. The largest absolute Gasteiger partial charge is 0.455 e. The summed E-state index contributed by atoms with van der Waals surface area (Å²) in [4.78, 5) is 15.7. The van der Waals surface area contributed by atoms with Crippen LogP contribution in [-0.2, 0) is 0 Å². The highest BCUT2D eigenvalue weighted by Crippen LogP contribution is 2.30. The Kier molecular flexibility index (Phi) is 4.18. The number of hydrogen-bond acceptors (Lipinski definition) is 3. The van der Waals surface area contributed by atoms with Gasteiger partial charge >= 0.3 is 0 Å². The molecule has 1 aromatic heterocycles. The number of pyridine rings is 1. The van der Waals surface area contributed by atoms with E-state index in [0.717, 1.165) is 16.9 Å². The van der Waals surface area contributed by atoms with Gasteiger partial charge in [-0.25, -0.2) is 4.98 Å². The second kappa shape index (κ2) is 5.87. The van der Waals surface area contributed by atoms with Gasteiger partial charge in [-0.2, -0.15) is 0 Å². The van der Waals surface area contributed by atoms with E-state index < -0.39 is 0 Å². The summed E-state index contributed by atoms with van der Waals surface area (Å²) in [7, 11) is 0. The Balaban J connectivity index is 2.27. The molecular weight excluding hydrogens is 250 g/mol. The first kappa shape index (κ1) is 14.3. The van der Waals surface area contributed by atoms with E-state index in [9.17, 15) is 4.79 Å². The number of hydrogen-bond donors (Lipinski definition) is 0. The summed E-state index contributed by atoms with van der Waals surface area (Å²) in [5.74, 6) is 1.55. The van der Waals surface area contributed by atoms with Gasteiger partial charge in [-0.3, -0.25) is 4.79 Å². The van der Waals surface area contributed by atoms with E-state index in [0.29, 0.717) is 17.9 Å². The van der Waals surface area contributed by atoms with Crippen molar-refractivity contribution in [2.75, 3.05) is 0 Å². The third-order valence-electron chi connectivity index (χ3n) is 3.44. The molecule has 3 nitrogen and oxygen atoms in total. The second-order valence-electron chi connectivity index (χ2n) is 4.91. The molecule has 0 saturated heterocycles. The second-order valence-corrected chi connectivity index (χ2v) is 4.91. The fourth-order valence-corrected chi connectivity index (χ4v) is 1.99. The Morgan fingerprint density at radius 1 is 1.10 bits per heavy atom. The fraction of sp³-hybridized carbons (Fsp3) is 0.294. The lowest BCUT2D eigenvalue weighted by Gasteiger charge is -2.13. The van der Waals surface area contributed by atoms with Crippen LogP contribution in [0.15, 0.2) is 30.5 Å². The number of rotatable bonds is 4. The van der Waals surface area contributed by atoms with Crippen LogP contribution in [0.2, 0.25) is 0 Å². The summed E-state index contributed by atoms with van der Waals surface area (Å²) in [6.07, 6.45) is 2.06. The van der Waals surface area contributed by atoms with E-state index >= 15 is 0 Å². The standard InChI is InChI=1S/C17H19NO2/c1-5-16(19)15-9-8-14(10-18-15)20-17-12(3)7-6-11(2)13(17)4/h6-10H,5H2,1-4H3. The minimum absolute atomic E-state index is 0.0412. The van der Waals surface area contributed by atoms with Gasteiger partial charge in [-0.05, 0) is 49.6 Å². The van der Waals surface area contributed by atoms with Gasteiger partial charge in [0.25, 0.3) is 0 Å². The van der Waals surface area contributed by atoms with Crippen molar-refractivity contribution in [2.45, 2.75) is 34.1 Å². The van der Waals surface area contributed by atoms with Crippen LogP contribution in [-0.4, -0.2) is 10.8 Å². The van der Waals surface area contributed by atoms with Crippen molar-refractivity contribution >= 4 is 5.78 Å². The van der Waals surface area contributed by atoms with Gasteiger partial charge in [0.05, 0.1) is 6.20 Å². The van der Waals surface area contributed by atoms with Crippen molar-refractivity contribution in [1.82, 2.24) is 4.98 Å². The number of ketones is 1. The number of nitrogens with zero attached hydrogens (tertiary/aromatic N) is 1. The average Bonchev–Trinajstić information content (AvgIpc) is 2.47. The SMILES string of the molecule is CCC(=O)c1ccc(Oc2c(C)ccc(C)c2C)cn1. The van der Waals surface area contributed by atoms with Crippen LogP contribution in [0, 0.1) is 20.8 Å². The summed E-state index contributed by atoms with van der Waals surface area (Å²) >= 11 is 0. The molecule has 0 saturated carbocycles. The van der Waals surface area contributed by atoms with Crippen LogP contribution in [0.5, 0.6) is 11.5 Å². The van der Waals surface area contributed by atoms with E-state index in [1.54, 1.807) is 18.3 Å². The third-order valence-corrected chi connectivity index (χ3v) is 3.44. The average molecular weight is 269 g/mol. The molecule has 0 radical (unpaired) electrons. The quantitative estimate of drug-likeness (QED) is 0.773. The predicted octanol–water partition coefficient (Wildman–Crippen LogP) is 4.39. The molecule has 0 aliphatic heterocycles. The van der Waals surface area contributed by atoms with Crippen LogP contribution in [0.4, 0.5) is 0 Å². The van der Waals surface area contributed by atoms with Crippen LogP contribution in [0.1, 0.15) is 40.5 Å². The fourth-order valence-electron chi connectivity index (χ4n) is 1.99. The molecule has 2 aromatic rings. The molecule has 0 fully saturated rings. The summed E-state index contributed by atoms with van der Waals surface area (Å²) in [5, 5.41) is 0. The molecule has 3 heteroatoms. The highest BCUT2D eigenvalue weighted by atomic mass is 16.5. The van der Waals surface area contributed by atoms with E-state index in [2.05, 4.69) is 18.0 Å². The molecule has 1 heterocycles. The van der Waals surface area contributed by atoms with Gasteiger partial charge in [0, 0.05) is 6.42 Å². The van der Waals surface area contributed by atoms with Gasteiger partial charge in [0.2, 0.25) is 0 Å². The minimum atomic E-state index is 0.0412. The highest BCUT2D eigenvalue weighted by Gasteiger charge is 2.09. The molecule has 0 spiro atoms. The number of benzene rings is 1. The van der Waals surface area contributed by atoms with Crippen LogP contribution in [0.25, 0.3) is 0 Å². The van der Waals surface area contributed by atoms with Crippen molar-refractivity contribution in [3.05, 3.63) is 52.8 Å². The number of ether oxygens (including phenoxy) is 1. The van der Waals surface area contributed by atoms with E-state index in [-0.39, 0.29) is 5.78 Å². The lowest BCUT2D eigenvalue weighted by Crippen LogP contribution is -2.00. The van der Waals surface area contributed by atoms with Crippen molar-refractivity contribution in [3.63, 3.8) is 0 Å². The number of aromatic nitrogens is 1. The summed E-state index contributed by atoms with van der Waals surface area (Å²) in [6.45, 7) is 7.95. The van der Waals surface area contributed by atoms with Crippen molar-refractivity contribution in [2.24, 2.45) is 0 Å². The molecule has 0 amide bonds. The zero-order valence-electron chi connectivity index (χ0n) is 12.4. The maximum Gasteiger partial charge on any atom is 0.180 e. The van der Waals surface area contributed by atoms with E-state index in [1.807, 2.05) is 26.8 Å². The Morgan fingerprint density at radius 3 is 2.40 bits per heavy atom. The van der Waals surface area contributed by atoms with Crippen molar-refractivity contribution in [1.29, 1.82) is 0 Å². The van der Waals surface area contributed by atoms with Crippen molar-refractivity contribution in [3.8, 4) is 11.5 Å². The monoisotopic (exact) mass is 269 g/mol. The smallest absolute Gasteiger partial charge is 0.180 e. The topological polar surface area (TPSA) is 39.2 Å². The minimum Gasteiger partial charge on any atom is -0.455 e. The molecule has 104 valence electrons. The van der Waals surface area contributed by atoms with Gasteiger partial charge in [-0.1, -0.05) is 19.1 Å². The Labute approximate surface area is 119 Å². The molecule has 0 atom stereocenters. The first-order valence-electron chi connectivity index (χ1n) is 6.76. The van der Waals surface area contributed by atoms with Crippen molar-refractivity contribution < 1.29 is 9.53 Å². The van der Waals surface area contributed by atoms with Gasteiger partial charge < -0.3 is 4.74 Å². The summed E-state index contributed by atoms with van der Waals surface area (Å²) in [5.41, 5.74) is 3.88. The molecule has 0 unspecified atom stereocenters. The van der Waals surface area contributed by atoms with Crippen LogP contribution >= 0.6 is 0 Å². The summed E-state index contributed by atoms with van der Waals surface area (Å²) < 4.78 is 5.92. The number of Topliss-reactive ketones (excluding diaryl/α,β-unsaturated/α-hetero) is 1. The molecular formula is C17H19NO2. The Bertz CT molecular complexity index is 630. The Hall–Kier alpha value is -2.16. The third kappa shape index (κ3) is 2.87. The van der Waals surface area contributed by atoms with Gasteiger partial charge in [0.1, 0.15) is 17.2 Å². The van der Waals surface area contributed by atoms with E-state index in [1.165, 1.54) is 5.56 Å². The number of carbonyl (C=O) groups is 1. The van der Waals surface area contributed by atoms with Gasteiger partial charge in [0.15, 0.2) is 5.78 Å². The van der Waals surface area contributed by atoms with Gasteiger partial charge in [-0.15, -0.1) is 0 Å². The number of carbonyl (C=O) groups excluding carboxylic acids is 1. The van der Waals surface area contributed by atoms with Crippen LogP contribution < -0.4 is 4.74 Å². The Morgan fingerprint density at radius 2 is 1.80 bits per heavy atom. The highest BCUT2D eigenvalue weighted by molar-refractivity contribution is 5.93. The molecule has 0 aliphatic rings. The molecule has 0 aliphatic carbocycles. The molecule has 1 aromatic carbocycles. The molecule has 0 N–H and O–H groups in total.